The van der Waals surface area contributed by atoms with Gasteiger partial charge in [0.2, 0.25) is 15.9 Å². The van der Waals surface area contributed by atoms with Gasteiger partial charge in [-0.05, 0) is 49.1 Å². The van der Waals surface area contributed by atoms with E-state index in [0.717, 1.165) is 10.4 Å². The number of benzene rings is 1. The molecule has 3 fully saturated rings. The van der Waals surface area contributed by atoms with E-state index in [1.165, 1.54) is 0 Å². The number of ether oxygens (including phenoxy) is 1. The Kier molecular flexibility index (Phi) is 8.15. The van der Waals surface area contributed by atoms with E-state index in [4.69, 9.17) is 10.5 Å². The lowest BCUT2D eigenvalue weighted by atomic mass is 9.66. The molecule has 206 valence electrons. The lowest BCUT2D eigenvalue weighted by Gasteiger charge is -2.47. The molecule has 10 heteroatoms. The summed E-state index contributed by atoms with van der Waals surface area (Å²) in [5.41, 5.74) is 4.72. The van der Waals surface area contributed by atoms with Gasteiger partial charge in [-0.15, -0.1) is 6.58 Å². The van der Waals surface area contributed by atoms with Crippen molar-refractivity contribution in [3.63, 3.8) is 0 Å². The number of rotatable bonds is 11. The second-order valence-electron chi connectivity index (χ2n) is 10.7. The summed E-state index contributed by atoms with van der Waals surface area (Å²) in [6, 6.07) is 6.85. The van der Waals surface area contributed by atoms with E-state index in [1.54, 1.807) is 6.08 Å². The third-order valence-corrected chi connectivity index (χ3v) is 9.42. The van der Waals surface area contributed by atoms with E-state index in [-0.39, 0.29) is 24.0 Å². The number of nitrogens with two attached hydrogens (primary N) is 1. The summed E-state index contributed by atoms with van der Waals surface area (Å²) in [6.07, 6.45) is 5.50. The fourth-order valence-corrected chi connectivity index (χ4v) is 6.65. The summed E-state index contributed by atoms with van der Waals surface area (Å²) in [7, 11) is -3.76. The van der Waals surface area contributed by atoms with Crippen molar-refractivity contribution in [3.05, 3.63) is 59.7 Å². The maximum atomic E-state index is 13.6. The lowest BCUT2D eigenvalue weighted by molar-refractivity contribution is -0.140. The molecule has 2 saturated carbocycles. The first kappa shape index (κ1) is 28.1. The fraction of sp³-hybridized carbons (Fsp3) is 0.500. The van der Waals surface area contributed by atoms with Gasteiger partial charge >= 0.3 is 0 Å². The predicted molar refractivity (Wildman–Crippen MR) is 147 cm³/mol. The lowest BCUT2D eigenvalue weighted by Crippen LogP contribution is -2.69. The van der Waals surface area contributed by atoms with Gasteiger partial charge in [0.1, 0.15) is 17.4 Å². The van der Waals surface area contributed by atoms with E-state index >= 15 is 0 Å². The van der Waals surface area contributed by atoms with E-state index in [0.29, 0.717) is 51.0 Å². The van der Waals surface area contributed by atoms with Crippen LogP contribution in [0.15, 0.2) is 49.3 Å². The number of likely N-dealkylation sites (tertiary alicyclic amines) is 1. The minimum absolute atomic E-state index is 0.192. The molecule has 3 aliphatic rings. The van der Waals surface area contributed by atoms with Crippen LogP contribution in [0.5, 0.6) is 0 Å². The highest BCUT2D eigenvalue weighted by Gasteiger charge is 2.55. The van der Waals surface area contributed by atoms with Gasteiger partial charge in [-0.2, -0.15) is 0 Å². The van der Waals surface area contributed by atoms with Crippen molar-refractivity contribution in [2.24, 2.45) is 11.7 Å². The summed E-state index contributed by atoms with van der Waals surface area (Å²) in [6.45, 7) is 14.6. The number of nitrogens with zero attached hydrogens (tertiary/aromatic N) is 1. The van der Waals surface area contributed by atoms with Gasteiger partial charge in [-0.3, -0.25) is 19.2 Å². The van der Waals surface area contributed by atoms with Crippen LogP contribution in [0.2, 0.25) is 0 Å². The number of hydrogen-bond donors (Lipinski definition) is 3. The average Bonchev–Trinajstić information content (AvgIpc) is 3.61. The Bertz CT molecular complexity index is 1320. The Balaban J connectivity index is 1.49. The van der Waals surface area contributed by atoms with Gasteiger partial charge in [-0.1, -0.05) is 43.5 Å². The van der Waals surface area contributed by atoms with Gasteiger partial charge in [0.25, 0.3) is 5.91 Å². The summed E-state index contributed by atoms with van der Waals surface area (Å²) in [5, 5.41) is 4.12. The molecule has 2 aliphatic carbocycles. The van der Waals surface area contributed by atoms with Crippen molar-refractivity contribution in [2.45, 2.75) is 68.0 Å². The van der Waals surface area contributed by atoms with Crippen molar-refractivity contribution in [1.82, 2.24) is 14.9 Å². The van der Waals surface area contributed by atoms with Gasteiger partial charge in [-0.25, -0.2) is 8.42 Å². The quantitative estimate of drug-likeness (QED) is 0.270. The van der Waals surface area contributed by atoms with Crippen molar-refractivity contribution in [3.8, 4) is 0 Å². The molecule has 1 aliphatic heterocycles. The number of amides is 2. The molecular formula is C28H38N4O5S. The molecule has 5 atom stereocenters. The molecule has 1 aromatic rings. The van der Waals surface area contributed by atoms with Crippen molar-refractivity contribution < 1.29 is 22.7 Å². The van der Waals surface area contributed by atoms with Gasteiger partial charge in [0.15, 0.2) is 0 Å². The molecule has 4 N–H and O–H groups in total. The van der Waals surface area contributed by atoms with E-state index in [1.807, 2.05) is 42.2 Å². The zero-order valence-electron chi connectivity index (χ0n) is 21.9. The van der Waals surface area contributed by atoms with E-state index in [2.05, 4.69) is 29.8 Å². The Hall–Kier alpha value is -2.95. The molecule has 1 heterocycles. The Morgan fingerprint density at radius 3 is 2.58 bits per heavy atom. The normalized spacial score (nSPS) is 28.7. The minimum Gasteiger partial charge on any atom is -0.490 e. The Morgan fingerprint density at radius 1 is 1.29 bits per heavy atom. The monoisotopic (exact) mass is 542 g/mol. The fourth-order valence-electron chi connectivity index (χ4n) is 5.29. The van der Waals surface area contributed by atoms with Gasteiger partial charge < -0.3 is 15.8 Å². The predicted octanol–water partition coefficient (Wildman–Crippen LogP) is 0.257. The molecule has 0 bridgehead atoms. The number of hydrogen-bond acceptors (Lipinski definition) is 7. The van der Waals surface area contributed by atoms with Crippen LogP contribution in [0.1, 0.15) is 39.0 Å². The van der Waals surface area contributed by atoms with Crippen LogP contribution in [0.3, 0.4) is 0 Å². The third kappa shape index (κ3) is 6.03. The largest absolute Gasteiger partial charge is 0.490 e. The van der Waals surface area contributed by atoms with E-state index in [9.17, 15) is 18.0 Å². The van der Waals surface area contributed by atoms with Gasteiger partial charge in [0.05, 0.1) is 11.3 Å². The molecule has 0 aromatic heterocycles. The smallest absolute Gasteiger partial charge is 0.259 e. The van der Waals surface area contributed by atoms with E-state index < -0.39 is 32.8 Å². The maximum absolute atomic E-state index is 13.6. The van der Waals surface area contributed by atoms with Crippen molar-refractivity contribution in [1.29, 1.82) is 0 Å². The molecule has 1 aromatic carbocycles. The van der Waals surface area contributed by atoms with Crippen LogP contribution < -0.4 is 26.2 Å². The van der Waals surface area contributed by atoms with Crippen LogP contribution in [0.25, 0.3) is 12.7 Å². The Labute approximate surface area is 224 Å². The summed E-state index contributed by atoms with van der Waals surface area (Å²) < 4.78 is 33.3. The van der Waals surface area contributed by atoms with Crippen LogP contribution in [-0.4, -0.2) is 67.2 Å². The molecule has 0 spiro atoms. The first-order valence-corrected chi connectivity index (χ1v) is 14.6. The number of allylic oxidation sites excluding steroid dienone is 1. The zero-order valence-corrected chi connectivity index (χ0v) is 22.7. The van der Waals surface area contributed by atoms with Crippen LogP contribution in [-0.2, 0) is 24.3 Å². The standard InChI is InChI=1S/C28H38N4O5S/c1-5-22-12-13-28(22,27(34)31-38(35,36)24-10-11-24)30-26(33)25-15-23(17-32(25)16-19(3)29)37-20(4)14-21-9-7-6-8-18(21)2/h5-9,14,19,22-25H,1-2,4,10-13,15-17,29H2,3H3,(H,30,33)(H,31,34). The van der Waals surface area contributed by atoms with Crippen molar-refractivity contribution >= 4 is 34.5 Å². The molecule has 0 radical (unpaired) electrons. The number of carbonyl (C=O) groups is 2. The van der Waals surface area contributed by atoms with Crippen LogP contribution in [0, 0.1) is 5.92 Å². The molecule has 2 amide bonds. The molecule has 9 nitrogen and oxygen atoms in total. The summed E-state index contributed by atoms with van der Waals surface area (Å²) >= 11 is 0. The number of nitrogens with one attached hydrogen (secondary N) is 2. The topological polar surface area (TPSA) is 131 Å². The third-order valence-electron chi connectivity index (χ3n) is 7.60. The summed E-state index contributed by atoms with van der Waals surface area (Å²) in [5.74, 6) is -0.971. The molecule has 5 unspecified atom stereocenters. The highest BCUT2D eigenvalue weighted by Crippen LogP contribution is 2.41. The van der Waals surface area contributed by atoms with Crippen LogP contribution >= 0.6 is 0 Å². The molecular weight excluding hydrogens is 504 g/mol. The molecule has 4 rings (SSSR count). The SMILES string of the molecule is C=CC1CCC1(NC(=O)C1CC(OC(=C)C=c2ccccc2=C)CN1CC(C)N)C(=O)NS(=O)(=O)C1CC1. The van der Waals surface area contributed by atoms with Crippen LogP contribution in [0.4, 0.5) is 0 Å². The highest BCUT2D eigenvalue weighted by atomic mass is 32.2. The number of sulfonamides is 1. The second-order valence-corrected chi connectivity index (χ2v) is 12.7. The second kappa shape index (κ2) is 11.0. The Morgan fingerprint density at radius 2 is 2.00 bits per heavy atom. The van der Waals surface area contributed by atoms with Crippen molar-refractivity contribution in [2.75, 3.05) is 13.1 Å². The molecule has 38 heavy (non-hydrogen) atoms. The first-order chi connectivity index (χ1) is 17.9. The first-order valence-electron chi connectivity index (χ1n) is 13.1. The summed E-state index contributed by atoms with van der Waals surface area (Å²) in [4.78, 5) is 28.8. The molecule has 1 saturated heterocycles. The minimum atomic E-state index is -3.76. The number of carbonyl (C=O) groups excluding carboxylic acids is 2. The average molecular weight is 543 g/mol. The van der Waals surface area contributed by atoms with Gasteiger partial charge in [0, 0.05) is 31.5 Å². The maximum Gasteiger partial charge on any atom is 0.259 e. The highest BCUT2D eigenvalue weighted by molar-refractivity contribution is 7.90. The zero-order chi connectivity index (χ0) is 27.7.